The van der Waals surface area contributed by atoms with Crippen molar-refractivity contribution < 1.29 is 12.8 Å². The van der Waals surface area contributed by atoms with E-state index in [2.05, 4.69) is 27.6 Å². The average Bonchev–Trinajstić information content (AvgIpc) is 2.33. The molecule has 0 radical (unpaired) electrons. The molecule has 1 rings (SSSR count). The van der Waals surface area contributed by atoms with Gasteiger partial charge in [0.2, 0.25) is 10.0 Å². The minimum absolute atomic E-state index is 0.141. The zero-order chi connectivity index (χ0) is 14.5. The Morgan fingerprint density at radius 1 is 1.42 bits per heavy atom. The Hall–Kier alpha value is -0.460. The second kappa shape index (κ2) is 7.36. The van der Waals surface area contributed by atoms with E-state index in [0.29, 0.717) is 18.0 Å². The van der Waals surface area contributed by atoms with Crippen LogP contribution in [-0.4, -0.2) is 20.3 Å². The summed E-state index contributed by atoms with van der Waals surface area (Å²) >= 11 is 3.39. The normalized spacial score (nSPS) is 13.5. The molecule has 0 spiro atoms. The van der Waals surface area contributed by atoms with E-state index < -0.39 is 15.8 Å². The van der Waals surface area contributed by atoms with E-state index in [1.807, 2.05) is 0 Å². The summed E-state index contributed by atoms with van der Waals surface area (Å²) in [5, 5.41) is 0.914. The van der Waals surface area contributed by atoms with Crippen LogP contribution in [0.15, 0.2) is 23.1 Å². The Kier molecular flexibility index (Phi) is 6.42. The summed E-state index contributed by atoms with van der Waals surface area (Å²) in [5.41, 5.74) is 0.418. The lowest BCUT2D eigenvalue weighted by Gasteiger charge is -2.10. The Balaban J connectivity index is 2.61. The number of halogens is 2. The molecule has 1 unspecified atom stereocenters. The van der Waals surface area contributed by atoms with Crippen molar-refractivity contribution >= 4 is 26.0 Å². The minimum atomic E-state index is -3.54. The van der Waals surface area contributed by atoms with Gasteiger partial charge in [-0.25, -0.2) is 17.5 Å². The maximum absolute atomic E-state index is 13.0. The SMILES string of the molecule is Cc1cc(F)ccc1S(=O)(=O)NCCCC(C)CBr. The van der Waals surface area contributed by atoms with Crippen molar-refractivity contribution in [2.24, 2.45) is 5.92 Å². The van der Waals surface area contributed by atoms with Crippen molar-refractivity contribution in [2.45, 2.75) is 31.6 Å². The second-order valence-electron chi connectivity index (χ2n) is 4.71. The number of sulfonamides is 1. The van der Waals surface area contributed by atoms with Gasteiger partial charge < -0.3 is 0 Å². The highest BCUT2D eigenvalue weighted by atomic mass is 79.9. The van der Waals surface area contributed by atoms with Crippen molar-refractivity contribution in [1.82, 2.24) is 4.72 Å². The Bertz CT molecular complexity index is 519. The highest BCUT2D eigenvalue weighted by molar-refractivity contribution is 9.09. The zero-order valence-corrected chi connectivity index (χ0v) is 13.5. The van der Waals surface area contributed by atoms with Gasteiger partial charge in [-0.1, -0.05) is 22.9 Å². The fourth-order valence-corrected chi connectivity index (χ4v) is 3.35. The molecular weight excluding hydrogens is 333 g/mol. The van der Waals surface area contributed by atoms with Gasteiger partial charge >= 0.3 is 0 Å². The van der Waals surface area contributed by atoms with Gasteiger partial charge in [-0.05, 0) is 49.4 Å². The molecule has 0 bridgehead atoms. The molecule has 0 aromatic heterocycles. The number of alkyl halides is 1. The number of hydrogen-bond donors (Lipinski definition) is 1. The fraction of sp³-hybridized carbons (Fsp3) is 0.538. The molecule has 108 valence electrons. The number of rotatable bonds is 7. The van der Waals surface area contributed by atoms with Crippen LogP contribution < -0.4 is 4.72 Å². The lowest BCUT2D eigenvalue weighted by Crippen LogP contribution is -2.25. The van der Waals surface area contributed by atoms with Crippen molar-refractivity contribution in [1.29, 1.82) is 0 Å². The van der Waals surface area contributed by atoms with Crippen LogP contribution in [0.2, 0.25) is 0 Å². The third kappa shape index (κ3) is 5.20. The van der Waals surface area contributed by atoms with E-state index in [1.165, 1.54) is 12.1 Å². The predicted molar refractivity (Wildman–Crippen MR) is 78.5 cm³/mol. The van der Waals surface area contributed by atoms with E-state index in [9.17, 15) is 12.8 Å². The van der Waals surface area contributed by atoms with Gasteiger partial charge in [0.05, 0.1) is 4.90 Å². The van der Waals surface area contributed by atoms with Crippen LogP contribution >= 0.6 is 15.9 Å². The topological polar surface area (TPSA) is 46.2 Å². The molecule has 0 aliphatic rings. The largest absolute Gasteiger partial charge is 0.240 e. The first-order chi connectivity index (χ1) is 8.86. The third-order valence-corrected chi connectivity index (χ3v) is 5.58. The molecule has 1 aromatic rings. The van der Waals surface area contributed by atoms with Gasteiger partial charge in [0.25, 0.3) is 0 Å². The van der Waals surface area contributed by atoms with E-state index in [0.717, 1.165) is 24.2 Å². The van der Waals surface area contributed by atoms with Crippen LogP contribution in [-0.2, 0) is 10.0 Å². The van der Waals surface area contributed by atoms with Crippen molar-refractivity contribution in [3.63, 3.8) is 0 Å². The highest BCUT2D eigenvalue weighted by Crippen LogP contribution is 2.16. The summed E-state index contributed by atoms with van der Waals surface area (Å²) in [5.74, 6) is 0.0969. The van der Waals surface area contributed by atoms with Crippen LogP contribution in [0.3, 0.4) is 0 Å². The molecule has 19 heavy (non-hydrogen) atoms. The van der Waals surface area contributed by atoms with Crippen molar-refractivity contribution in [2.75, 3.05) is 11.9 Å². The standard InChI is InChI=1S/C13H19BrFNO2S/c1-10(9-14)4-3-7-16-19(17,18)13-6-5-12(15)8-11(13)2/h5-6,8,10,16H,3-4,7,9H2,1-2H3. The Morgan fingerprint density at radius 3 is 2.68 bits per heavy atom. The van der Waals surface area contributed by atoms with E-state index in [4.69, 9.17) is 0 Å². The fourth-order valence-electron chi connectivity index (χ4n) is 1.73. The van der Waals surface area contributed by atoms with Gasteiger partial charge in [-0.2, -0.15) is 0 Å². The summed E-state index contributed by atoms with van der Waals surface area (Å²) < 4.78 is 39.6. The van der Waals surface area contributed by atoms with E-state index in [1.54, 1.807) is 6.92 Å². The molecule has 0 fully saturated rings. The minimum Gasteiger partial charge on any atom is -0.211 e. The molecule has 0 amide bonds. The molecule has 1 atom stereocenters. The van der Waals surface area contributed by atoms with Crippen molar-refractivity contribution in [3.8, 4) is 0 Å². The highest BCUT2D eigenvalue weighted by Gasteiger charge is 2.16. The van der Waals surface area contributed by atoms with Gasteiger partial charge in [0, 0.05) is 11.9 Å². The van der Waals surface area contributed by atoms with Crippen LogP contribution in [0.1, 0.15) is 25.3 Å². The van der Waals surface area contributed by atoms with Gasteiger partial charge in [0.15, 0.2) is 0 Å². The van der Waals surface area contributed by atoms with Crippen molar-refractivity contribution in [3.05, 3.63) is 29.6 Å². The number of benzene rings is 1. The first kappa shape index (κ1) is 16.6. The molecular formula is C13H19BrFNO2S. The van der Waals surface area contributed by atoms with Crippen LogP contribution in [0.5, 0.6) is 0 Å². The second-order valence-corrected chi connectivity index (χ2v) is 7.09. The smallest absolute Gasteiger partial charge is 0.211 e. The maximum atomic E-state index is 13.0. The summed E-state index contributed by atoms with van der Waals surface area (Å²) in [6.07, 6.45) is 1.74. The number of hydrogen-bond acceptors (Lipinski definition) is 2. The molecule has 0 saturated heterocycles. The first-order valence-electron chi connectivity index (χ1n) is 6.18. The van der Waals surface area contributed by atoms with Crippen LogP contribution in [0.4, 0.5) is 4.39 Å². The third-order valence-electron chi connectivity index (χ3n) is 2.86. The van der Waals surface area contributed by atoms with E-state index in [-0.39, 0.29) is 4.90 Å². The lowest BCUT2D eigenvalue weighted by atomic mass is 10.1. The summed E-state index contributed by atoms with van der Waals surface area (Å²) in [7, 11) is -3.54. The van der Waals surface area contributed by atoms with Crippen LogP contribution in [0, 0.1) is 18.7 Å². The average molecular weight is 352 g/mol. The Morgan fingerprint density at radius 2 is 2.11 bits per heavy atom. The quantitative estimate of drug-likeness (QED) is 0.605. The number of nitrogens with one attached hydrogen (secondary N) is 1. The molecule has 0 aliphatic carbocycles. The first-order valence-corrected chi connectivity index (χ1v) is 8.79. The number of aryl methyl sites for hydroxylation is 1. The molecule has 0 heterocycles. The van der Waals surface area contributed by atoms with E-state index >= 15 is 0 Å². The lowest BCUT2D eigenvalue weighted by molar-refractivity contribution is 0.546. The molecule has 1 N–H and O–H groups in total. The molecule has 6 heteroatoms. The van der Waals surface area contributed by atoms with Gasteiger partial charge in [-0.3, -0.25) is 0 Å². The molecule has 3 nitrogen and oxygen atoms in total. The summed E-state index contributed by atoms with van der Waals surface area (Å²) in [4.78, 5) is 0.141. The predicted octanol–water partition coefficient (Wildman–Crippen LogP) is 3.22. The summed E-state index contributed by atoms with van der Waals surface area (Å²) in [6.45, 7) is 4.09. The molecule has 1 aromatic carbocycles. The molecule has 0 aliphatic heterocycles. The Labute approximate surface area is 122 Å². The van der Waals surface area contributed by atoms with Gasteiger partial charge in [-0.15, -0.1) is 0 Å². The van der Waals surface area contributed by atoms with Gasteiger partial charge in [0.1, 0.15) is 5.82 Å². The summed E-state index contributed by atoms with van der Waals surface area (Å²) in [6, 6.07) is 3.68. The molecule has 0 saturated carbocycles. The van der Waals surface area contributed by atoms with Crippen LogP contribution in [0.25, 0.3) is 0 Å². The zero-order valence-electron chi connectivity index (χ0n) is 11.1. The maximum Gasteiger partial charge on any atom is 0.240 e. The monoisotopic (exact) mass is 351 g/mol.